The molecule has 0 aliphatic carbocycles. The highest BCUT2D eigenvalue weighted by atomic mass is 15.2. The summed E-state index contributed by atoms with van der Waals surface area (Å²) in [6.45, 7) is 10.7. The molecule has 0 spiro atoms. The van der Waals surface area contributed by atoms with E-state index in [2.05, 4.69) is 45.1 Å². The third-order valence-corrected chi connectivity index (χ3v) is 4.48. The Kier molecular flexibility index (Phi) is 4.57. The molecular formula is C18H25N5. The van der Waals surface area contributed by atoms with E-state index < -0.39 is 0 Å². The monoisotopic (exact) mass is 311 g/mol. The zero-order valence-corrected chi connectivity index (χ0v) is 14.4. The fraction of sp³-hybridized carbons (Fsp3) is 0.500. The van der Waals surface area contributed by atoms with E-state index in [0.717, 1.165) is 48.2 Å². The molecular weight excluding hydrogens is 286 g/mol. The van der Waals surface area contributed by atoms with Crippen LogP contribution >= 0.6 is 0 Å². The number of likely N-dealkylation sites (tertiary alicyclic amines) is 1. The van der Waals surface area contributed by atoms with E-state index in [4.69, 9.17) is 0 Å². The van der Waals surface area contributed by atoms with E-state index >= 15 is 0 Å². The van der Waals surface area contributed by atoms with Gasteiger partial charge in [0.15, 0.2) is 0 Å². The molecule has 5 nitrogen and oxygen atoms in total. The summed E-state index contributed by atoms with van der Waals surface area (Å²) in [7, 11) is 0. The second kappa shape index (κ2) is 6.62. The third-order valence-electron chi connectivity index (χ3n) is 4.48. The zero-order chi connectivity index (χ0) is 16.4. The summed E-state index contributed by atoms with van der Waals surface area (Å²) in [4.78, 5) is 16.1. The van der Waals surface area contributed by atoms with Gasteiger partial charge in [-0.15, -0.1) is 0 Å². The van der Waals surface area contributed by atoms with E-state index in [9.17, 15) is 0 Å². The molecule has 2 aromatic rings. The Morgan fingerprint density at radius 2 is 2.09 bits per heavy atom. The fourth-order valence-electron chi connectivity index (χ4n) is 3.10. The van der Waals surface area contributed by atoms with Gasteiger partial charge in [0.1, 0.15) is 17.5 Å². The molecule has 3 heterocycles. The Hall–Kier alpha value is -2.01. The highest BCUT2D eigenvalue weighted by Crippen LogP contribution is 2.29. The van der Waals surface area contributed by atoms with Crippen molar-refractivity contribution in [3.05, 3.63) is 41.5 Å². The van der Waals surface area contributed by atoms with Crippen LogP contribution in [0.2, 0.25) is 0 Å². The van der Waals surface area contributed by atoms with Crippen LogP contribution in [0.15, 0.2) is 24.4 Å². The number of anilines is 2. The largest absolute Gasteiger partial charge is 0.325 e. The Morgan fingerprint density at radius 3 is 2.78 bits per heavy atom. The van der Waals surface area contributed by atoms with Crippen molar-refractivity contribution < 1.29 is 0 Å². The fourth-order valence-corrected chi connectivity index (χ4v) is 3.10. The van der Waals surface area contributed by atoms with Gasteiger partial charge in [-0.3, -0.25) is 0 Å². The van der Waals surface area contributed by atoms with E-state index in [1.165, 1.54) is 0 Å². The topological polar surface area (TPSA) is 53.9 Å². The van der Waals surface area contributed by atoms with E-state index in [-0.39, 0.29) is 0 Å². The summed E-state index contributed by atoms with van der Waals surface area (Å²) >= 11 is 0. The van der Waals surface area contributed by atoms with Crippen LogP contribution in [0, 0.1) is 13.8 Å². The summed E-state index contributed by atoms with van der Waals surface area (Å²) in [5, 5.41) is 3.34. The van der Waals surface area contributed by atoms with Crippen molar-refractivity contribution in [3.63, 3.8) is 0 Å². The van der Waals surface area contributed by atoms with Crippen molar-refractivity contribution in [3.8, 4) is 0 Å². The maximum atomic E-state index is 4.68. The first-order valence-corrected chi connectivity index (χ1v) is 8.31. The van der Waals surface area contributed by atoms with Crippen LogP contribution in [0.25, 0.3) is 0 Å². The number of hydrogen-bond acceptors (Lipinski definition) is 5. The Morgan fingerprint density at radius 1 is 1.26 bits per heavy atom. The summed E-state index contributed by atoms with van der Waals surface area (Å²) < 4.78 is 0. The molecule has 1 atom stereocenters. The highest BCUT2D eigenvalue weighted by Gasteiger charge is 2.26. The average molecular weight is 311 g/mol. The number of rotatable bonds is 4. The van der Waals surface area contributed by atoms with Gasteiger partial charge >= 0.3 is 0 Å². The Bertz CT molecular complexity index is 683. The van der Waals surface area contributed by atoms with Crippen LogP contribution in [0.1, 0.15) is 43.3 Å². The van der Waals surface area contributed by atoms with Crippen LogP contribution in [-0.4, -0.2) is 39.0 Å². The lowest BCUT2D eigenvalue weighted by molar-refractivity contribution is 0.272. The number of hydrogen-bond donors (Lipinski definition) is 1. The van der Waals surface area contributed by atoms with Crippen molar-refractivity contribution in [1.82, 2.24) is 19.9 Å². The molecule has 1 N–H and O–H groups in total. The second-order valence-corrected chi connectivity index (χ2v) is 6.59. The Balaban J connectivity index is 1.81. The van der Waals surface area contributed by atoms with Crippen molar-refractivity contribution in [2.45, 2.75) is 46.1 Å². The first-order chi connectivity index (χ1) is 11.0. The predicted octanol–water partition coefficient (Wildman–Crippen LogP) is 3.43. The van der Waals surface area contributed by atoms with Gasteiger partial charge in [-0.1, -0.05) is 6.07 Å². The normalized spacial score (nSPS) is 18.6. The van der Waals surface area contributed by atoms with Gasteiger partial charge in [0, 0.05) is 30.8 Å². The molecule has 5 heteroatoms. The molecule has 0 radical (unpaired) electrons. The lowest BCUT2D eigenvalue weighted by Crippen LogP contribution is -2.28. The zero-order valence-electron chi connectivity index (χ0n) is 14.4. The van der Waals surface area contributed by atoms with Gasteiger partial charge in [-0.2, -0.15) is 0 Å². The molecule has 1 saturated heterocycles. The van der Waals surface area contributed by atoms with Crippen LogP contribution in [0.4, 0.5) is 11.6 Å². The standard InChI is InChI=1S/C18H25N5/c1-12(2)23-9-7-15(11-23)16-10-17(21-14(4)20-16)22-18-13(3)6-5-8-19-18/h5-6,8,10,12,15H,7,9,11H2,1-4H3,(H,19,20,21,22). The lowest BCUT2D eigenvalue weighted by atomic mass is 10.0. The molecule has 3 rings (SSSR count). The molecule has 0 amide bonds. The molecule has 0 aromatic carbocycles. The van der Waals surface area contributed by atoms with E-state index in [1.807, 2.05) is 26.0 Å². The molecule has 1 aliphatic rings. The Labute approximate surface area is 138 Å². The average Bonchev–Trinajstić information content (AvgIpc) is 2.99. The minimum atomic E-state index is 0.490. The minimum absolute atomic E-state index is 0.490. The lowest BCUT2D eigenvalue weighted by Gasteiger charge is -2.20. The summed E-state index contributed by atoms with van der Waals surface area (Å²) in [5.41, 5.74) is 2.24. The number of aromatic nitrogens is 3. The molecule has 23 heavy (non-hydrogen) atoms. The number of nitrogens with one attached hydrogen (secondary N) is 1. The van der Waals surface area contributed by atoms with Crippen molar-refractivity contribution in [2.75, 3.05) is 18.4 Å². The summed E-state index contributed by atoms with van der Waals surface area (Å²) in [5.74, 6) is 2.98. The molecule has 2 aromatic heterocycles. The van der Waals surface area contributed by atoms with Gasteiger partial charge in [-0.05, 0) is 52.3 Å². The quantitative estimate of drug-likeness (QED) is 0.937. The van der Waals surface area contributed by atoms with Crippen LogP contribution in [-0.2, 0) is 0 Å². The maximum absolute atomic E-state index is 4.68. The van der Waals surface area contributed by atoms with Crippen molar-refractivity contribution in [2.24, 2.45) is 0 Å². The second-order valence-electron chi connectivity index (χ2n) is 6.59. The summed E-state index contributed by atoms with van der Waals surface area (Å²) in [6, 6.07) is 6.66. The van der Waals surface area contributed by atoms with Crippen LogP contribution < -0.4 is 5.32 Å². The van der Waals surface area contributed by atoms with Crippen molar-refractivity contribution >= 4 is 11.6 Å². The van der Waals surface area contributed by atoms with Crippen LogP contribution in [0.5, 0.6) is 0 Å². The van der Waals surface area contributed by atoms with Gasteiger partial charge in [-0.25, -0.2) is 15.0 Å². The molecule has 1 unspecified atom stereocenters. The number of aryl methyl sites for hydroxylation is 2. The first kappa shape index (κ1) is 15.9. The third kappa shape index (κ3) is 3.67. The van der Waals surface area contributed by atoms with E-state index in [0.29, 0.717) is 12.0 Å². The number of pyridine rings is 1. The van der Waals surface area contributed by atoms with Gasteiger partial charge in [0.05, 0.1) is 5.69 Å². The van der Waals surface area contributed by atoms with E-state index in [1.54, 1.807) is 6.20 Å². The van der Waals surface area contributed by atoms with Gasteiger partial charge < -0.3 is 10.2 Å². The smallest absolute Gasteiger partial charge is 0.135 e. The first-order valence-electron chi connectivity index (χ1n) is 8.31. The predicted molar refractivity (Wildman–Crippen MR) is 93.1 cm³/mol. The van der Waals surface area contributed by atoms with Crippen molar-refractivity contribution in [1.29, 1.82) is 0 Å². The molecule has 0 bridgehead atoms. The van der Waals surface area contributed by atoms with Gasteiger partial charge in [0.25, 0.3) is 0 Å². The minimum Gasteiger partial charge on any atom is -0.325 e. The highest BCUT2D eigenvalue weighted by molar-refractivity contribution is 5.55. The number of nitrogens with zero attached hydrogens (tertiary/aromatic N) is 4. The van der Waals surface area contributed by atoms with Gasteiger partial charge in [0.2, 0.25) is 0 Å². The maximum Gasteiger partial charge on any atom is 0.135 e. The molecule has 1 aliphatic heterocycles. The summed E-state index contributed by atoms with van der Waals surface area (Å²) in [6.07, 6.45) is 2.96. The SMILES string of the molecule is Cc1nc(Nc2ncccc2C)cc(C2CCN(C(C)C)C2)n1. The molecule has 0 saturated carbocycles. The molecule has 1 fully saturated rings. The van der Waals surface area contributed by atoms with Crippen LogP contribution in [0.3, 0.4) is 0 Å². The molecule has 122 valence electrons.